The summed E-state index contributed by atoms with van der Waals surface area (Å²) in [6.45, 7) is 8.14. The van der Waals surface area contributed by atoms with Crippen LogP contribution in [0.25, 0.3) is 11.0 Å². The number of aromatic hydroxyl groups is 1. The van der Waals surface area contributed by atoms with Gasteiger partial charge in [-0.3, -0.25) is 0 Å². The van der Waals surface area contributed by atoms with E-state index in [1.54, 1.807) is 18.2 Å². The van der Waals surface area contributed by atoms with Crippen LogP contribution < -0.4 is 15.1 Å². The molecule has 0 spiro atoms. The first-order valence-corrected chi connectivity index (χ1v) is 8.09. The van der Waals surface area contributed by atoms with E-state index in [-0.39, 0.29) is 5.75 Å². The van der Waals surface area contributed by atoms with Crippen LogP contribution in [0.5, 0.6) is 17.2 Å². The summed E-state index contributed by atoms with van der Waals surface area (Å²) in [4.78, 5) is 11.8. The quantitative estimate of drug-likeness (QED) is 0.482. The molecule has 0 aliphatic carbocycles. The molecule has 130 valence electrons. The molecule has 1 aromatic carbocycles. The maximum absolute atomic E-state index is 11.8. The van der Waals surface area contributed by atoms with Gasteiger partial charge in [0.25, 0.3) is 0 Å². The van der Waals surface area contributed by atoms with Gasteiger partial charge in [-0.1, -0.05) is 25.1 Å². The minimum Gasteiger partial charge on any atom is -0.499 e. The smallest absolute Gasteiger partial charge is 0.382 e. The maximum Gasteiger partial charge on any atom is 0.382 e. The second kappa shape index (κ2) is 7.43. The van der Waals surface area contributed by atoms with Crippen LogP contribution in [0.15, 0.2) is 39.6 Å². The number of hydrogen-bond donors (Lipinski definition) is 1. The van der Waals surface area contributed by atoms with E-state index in [9.17, 15) is 9.90 Å². The van der Waals surface area contributed by atoms with Crippen LogP contribution in [0.1, 0.15) is 40.5 Å². The van der Waals surface area contributed by atoms with E-state index in [1.165, 1.54) is 0 Å². The van der Waals surface area contributed by atoms with Gasteiger partial charge in [0, 0.05) is 0 Å². The van der Waals surface area contributed by atoms with Crippen molar-refractivity contribution in [2.45, 2.75) is 46.1 Å². The fourth-order valence-corrected chi connectivity index (χ4v) is 2.25. The van der Waals surface area contributed by atoms with Gasteiger partial charge < -0.3 is 19.0 Å². The summed E-state index contributed by atoms with van der Waals surface area (Å²) in [6, 6.07) is 5.14. The highest BCUT2D eigenvalue weighted by Crippen LogP contribution is 2.39. The Morgan fingerprint density at radius 1 is 1.25 bits per heavy atom. The van der Waals surface area contributed by atoms with Crippen LogP contribution in [-0.4, -0.2) is 17.3 Å². The number of hydrogen-bond acceptors (Lipinski definition) is 5. The van der Waals surface area contributed by atoms with Crippen molar-refractivity contribution in [3.8, 4) is 17.2 Å². The molecule has 1 N–H and O–H groups in total. The third-order valence-electron chi connectivity index (χ3n) is 3.18. The summed E-state index contributed by atoms with van der Waals surface area (Å²) in [5.41, 5.74) is -0.950. The lowest BCUT2D eigenvalue weighted by Crippen LogP contribution is -2.23. The minimum absolute atomic E-state index is 0.103. The van der Waals surface area contributed by atoms with E-state index in [0.717, 1.165) is 6.42 Å². The maximum atomic E-state index is 11.8. The molecule has 2 rings (SSSR count). The molecule has 2 aromatic rings. The highest BCUT2D eigenvalue weighted by molar-refractivity contribution is 5.91. The molecule has 0 saturated heterocycles. The van der Waals surface area contributed by atoms with Crippen LogP contribution in [0, 0.1) is 0 Å². The summed E-state index contributed by atoms with van der Waals surface area (Å²) < 4.78 is 16.8. The van der Waals surface area contributed by atoms with Gasteiger partial charge in [-0.25, -0.2) is 4.79 Å². The van der Waals surface area contributed by atoms with Crippen LogP contribution in [0.4, 0.5) is 0 Å². The molecule has 0 bridgehead atoms. The average molecular weight is 332 g/mol. The molecule has 24 heavy (non-hydrogen) atoms. The van der Waals surface area contributed by atoms with Crippen molar-refractivity contribution in [3.05, 3.63) is 40.8 Å². The summed E-state index contributed by atoms with van der Waals surface area (Å²) in [6.07, 6.45) is 5.66. The molecule has 1 aromatic heterocycles. The zero-order valence-electron chi connectivity index (χ0n) is 14.6. The number of allylic oxidation sites excluding steroid dienone is 1. The molecular weight excluding hydrogens is 308 g/mol. The Kier molecular flexibility index (Phi) is 5.54. The summed E-state index contributed by atoms with van der Waals surface area (Å²) >= 11 is 0. The zero-order chi connectivity index (χ0) is 17.7. The van der Waals surface area contributed by atoms with E-state index in [2.05, 4.69) is 6.92 Å². The van der Waals surface area contributed by atoms with Gasteiger partial charge in [0.2, 0.25) is 5.75 Å². The van der Waals surface area contributed by atoms with Gasteiger partial charge in [-0.05, 0) is 45.7 Å². The SMILES string of the molecule is CC/C=C/CCOc1c(O)c(=O)oc2cccc(OC(C)(C)C)c12. The Labute approximate surface area is 141 Å². The number of ether oxygens (including phenoxy) is 2. The lowest BCUT2D eigenvalue weighted by molar-refractivity contribution is 0.132. The molecule has 0 aliphatic heterocycles. The van der Waals surface area contributed by atoms with Crippen molar-refractivity contribution in [1.29, 1.82) is 0 Å². The van der Waals surface area contributed by atoms with Crippen molar-refractivity contribution < 1.29 is 19.0 Å². The molecule has 0 radical (unpaired) electrons. The molecule has 5 nitrogen and oxygen atoms in total. The Bertz CT molecular complexity index is 781. The molecule has 0 saturated carbocycles. The predicted octanol–water partition coefficient (Wildman–Crippen LogP) is 4.41. The van der Waals surface area contributed by atoms with Crippen molar-refractivity contribution >= 4 is 11.0 Å². The van der Waals surface area contributed by atoms with Crippen molar-refractivity contribution in [3.63, 3.8) is 0 Å². The Morgan fingerprint density at radius 2 is 2.00 bits per heavy atom. The van der Waals surface area contributed by atoms with E-state index in [1.807, 2.05) is 32.9 Å². The summed E-state index contributed by atoms with van der Waals surface area (Å²) in [7, 11) is 0. The van der Waals surface area contributed by atoms with Crippen molar-refractivity contribution in [2.75, 3.05) is 6.61 Å². The van der Waals surface area contributed by atoms with Crippen LogP contribution in [-0.2, 0) is 0 Å². The highest BCUT2D eigenvalue weighted by atomic mass is 16.5. The highest BCUT2D eigenvalue weighted by Gasteiger charge is 2.21. The molecule has 0 fully saturated rings. The first kappa shape index (κ1) is 17.9. The van der Waals surface area contributed by atoms with E-state index < -0.39 is 17.0 Å². The third-order valence-corrected chi connectivity index (χ3v) is 3.18. The average Bonchev–Trinajstić information content (AvgIpc) is 2.49. The fraction of sp³-hybridized carbons (Fsp3) is 0.421. The second-order valence-electron chi connectivity index (χ2n) is 6.43. The molecule has 0 amide bonds. The van der Waals surface area contributed by atoms with Gasteiger partial charge in [-0.15, -0.1) is 0 Å². The van der Waals surface area contributed by atoms with E-state index in [0.29, 0.717) is 29.7 Å². The number of rotatable bonds is 6. The van der Waals surface area contributed by atoms with E-state index in [4.69, 9.17) is 13.9 Å². The minimum atomic E-state index is -0.825. The van der Waals surface area contributed by atoms with Crippen LogP contribution in [0.3, 0.4) is 0 Å². The monoisotopic (exact) mass is 332 g/mol. The molecular formula is C19H24O5. The standard InChI is InChI=1S/C19H24O5/c1-5-6-7-8-12-22-17-15-13(23-18(21)16(17)20)10-9-11-14(15)24-19(2,3)4/h6-7,9-11,20H,5,8,12H2,1-4H3/b7-6+. The molecule has 0 atom stereocenters. The fourth-order valence-electron chi connectivity index (χ4n) is 2.25. The zero-order valence-corrected chi connectivity index (χ0v) is 14.6. The van der Waals surface area contributed by atoms with Crippen LogP contribution in [0.2, 0.25) is 0 Å². The lowest BCUT2D eigenvalue weighted by atomic mass is 10.1. The first-order valence-electron chi connectivity index (χ1n) is 8.09. The molecule has 0 aliphatic rings. The van der Waals surface area contributed by atoms with E-state index >= 15 is 0 Å². The predicted molar refractivity (Wildman–Crippen MR) is 94.1 cm³/mol. The molecule has 0 unspecified atom stereocenters. The Hall–Kier alpha value is -2.43. The normalized spacial score (nSPS) is 12.0. The largest absolute Gasteiger partial charge is 0.499 e. The van der Waals surface area contributed by atoms with Gasteiger partial charge in [0.1, 0.15) is 22.3 Å². The first-order chi connectivity index (χ1) is 11.3. The van der Waals surface area contributed by atoms with Gasteiger partial charge in [0.05, 0.1) is 6.61 Å². The molecule has 5 heteroatoms. The van der Waals surface area contributed by atoms with Gasteiger partial charge >= 0.3 is 5.63 Å². The Balaban J connectivity index is 2.47. The van der Waals surface area contributed by atoms with Crippen molar-refractivity contribution in [1.82, 2.24) is 0 Å². The third kappa shape index (κ3) is 4.31. The summed E-state index contributed by atoms with van der Waals surface area (Å²) in [5, 5.41) is 10.6. The van der Waals surface area contributed by atoms with Crippen LogP contribution >= 0.6 is 0 Å². The topological polar surface area (TPSA) is 68.9 Å². The van der Waals surface area contributed by atoms with Crippen molar-refractivity contribution in [2.24, 2.45) is 0 Å². The number of benzene rings is 1. The molecule has 1 heterocycles. The van der Waals surface area contributed by atoms with Gasteiger partial charge in [-0.2, -0.15) is 0 Å². The van der Waals surface area contributed by atoms with Gasteiger partial charge in [0.15, 0.2) is 5.75 Å². The Morgan fingerprint density at radius 3 is 2.67 bits per heavy atom. The lowest BCUT2D eigenvalue weighted by Gasteiger charge is -2.23. The summed E-state index contributed by atoms with van der Waals surface area (Å²) in [5.74, 6) is 0.0658. The second-order valence-corrected chi connectivity index (χ2v) is 6.43. The number of fused-ring (bicyclic) bond motifs is 1.